The second-order valence-corrected chi connectivity index (χ2v) is 7.54. The third-order valence-corrected chi connectivity index (χ3v) is 5.78. The van der Waals surface area contributed by atoms with Crippen LogP contribution in [-0.4, -0.2) is 12.1 Å². The molecule has 0 aromatic carbocycles. The smallest absolute Gasteiger partial charge is 0.306 e. The van der Waals surface area contributed by atoms with Crippen LogP contribution < -0.4 is 0 Å². The maximum absolute atomic E-state index is 12.2. The lowest BCUT2D eigenvalue weighted by Crippen LogP contribution is -2.35. The number of ether oxygens (including phenoxy) is 1. The average Bonchev–Trinajstić information content (AvgIpc) is 2.56. The van der Waals surface area contributed by atoms with E-state index in [2.05, 4.69) is 6.92 Å². The predicted octanol–water partition coefficient (Wildman–Crippen LogP) is 6.03. The van der Waals surface area contributed by atoms with E-state index in [1.165, 1.54) is 77.0 Å². The van der Waals surface area contributed by atoms with Gasteiger partial charge in [-0.05, 0) is 37.5 Å². The van der Waals surface area contributed by atoms with E-state index in [0.717, 1.165) is 18.8 Å². The van der Waals surface area contributed by atoms with Crippen LogP contribution in [-0.2, 0) is 9.53 Å². The topological polar surface area (TPSA) is 26.3 Å². The maximum Gasteiger partial charge on any atom is 0.306 e. The molecule has 0 N–H and O–H groups in total. The number of esters is 1. The maximum atomic E-state index is 12.2. The van der Waals surface area contributed by atoms with Gasteiger partial charge in [0.2, 0.25) is 0 Å². The number of hydrogen-bond donors (Lipinski definition) is 0. The number of unbranched alkanes of at least 4 members (excludes halogenated alkanes) is 4. The van der Waals surface area contributed by atoms with Crippen molar-refractivity contribution in [2.24, 2.45) is 11.8 Å². The fraction of sp³-hybridized carbons (Fsp3) is 0.950. The van der Waals surface area contributed by atoms with E-state index in [1.54, 1.807) is 0 Å². The van der Waals surface area contributed by atoms with Crippen molar-refractivity contribution in [2.75, 3.05) is 0 Å². The molecule has 0 radical (unpaired) electrons. The molecule has 2 rings (SSSR count). The van der Waals surface area contributed by atoms with Crippen LogP contribution in [0.4, 0.5) is 0 Å². The van der Waals surface area contributed by atoms with E-state index in [-0.39, 0.29) is 12.1 Å². The number of rotatable bonds is 8. The van der Waals surface area contributed by atoms with E-state index in [0.29, 0.717) is 12.3 Å². The molecule has 0 amide bonds. The van der Waals surface area contributed by atoms with Crippen molar-refractivity contribution in [3.05, 3.63) is 0 Å². The Labute approximate surface area is 137 Å². The van der Waals surface area contributed by atoms with E-state index in [9.17, 15) is 4.79 Å². The average molecular weight is 309 g/mol. The minimum Gasteiger partial charge on any atom is -0.462 e. The van der Waals surface area contributed by atoms with Gasteiger partial charge in [-0.25, -0.2) is 0 Å². The van der Waals surface area contributed by atoms with Gasteiger partial charge in [0.25, 0.3) is 0 Å². The summed E-state index contributed by atoms with van der Waals surface area (Å²) in [6.45, 7) is 2.22. The van der Waals surface area contributed by atoms with Crippen molar-refractivity contribution in [1.29, 1.82) is 0 Å². The van der Waals surface area contributed by atoms with Gasteiger partial charge < -0.3 is 4.74 Å². The minimum absolute atomic E-state index is 0.0733. The van der Waals surface area contributed by atoms with Crippen LogP contribution in [0.2, 0.25) is 0 Å². The highest BCUT2D eigenvalue weighted by atomic mass is 16.5. The second kappa shape index (κ2) is 10.3. The Bertz CT molecular complexity index is 307. The summed E-state index contributed by atoms with van der Waals surface area (Å²) < 4.78 is 5.92. The van der Waals surface area contributed by atoms with Gasteiger partial charge in [-0.1, -0.05) is 71.1 Å². The third kappa shape index (κ3) is 5.93. The van der Waals surface area contributed by atoms with Gasteiger partial charge in [0, 0.05) is 6.42 Å². The first kappa shape index (κ1) is 17.8. The summed E-state index contributed by atoms with van der Waals surface area (Å²) in [7, 11) is 0. The lowest BCUT2D eigenvalue weighted by molar-refractivity contribution is -0.155. The molecule has 22 heavy (non-hydrogen) atoms. The molecule has 0 saturated heterocycles. The van der Waals surface area contributed by atoms with Crippen molar-refractivity contribution >= 4 is 5.97 Å². The van der Waals surface area contributed by atoms with E-state index in [4.69, 9.17) is 4.74 Å². The van der Waals surface area contributed by atoms with Crippen molar-refractivity contribution in [1.82, 2.24) is 0 Å². The highest BCUT2D eigenvalue weighted by molar-refractivity contribution is 5.69. The summed E-state index contributed by atoms with van der Waals surface area (Å²) in [6.07, 6.45) is 18.8. The van der Waals surface area contributed by atoms with Gasteiger partial charge in [-0.15, -0.1) is 0 Å². The Balaban J connectivity index is 1.72. The molecular weight excluding hydrogens is 272 g/mol. The quantitative estimate of drug-likeness (QED) is 0.404. The van der Waals surface area contributed by atoms with Gasteiger partial charge in [0.05, 0.1) is 0 Å². The Morgan fingerprint density at radius 1 is 0.864 bits per heavy atom. The van der Waals surface area contributed by atoms with Crippen LogP contribution in [0.15, 0.2) is 0 Å². The molecule has 0 aromatic rings. The van der Waals surface area contributed by atoms with Crippen LogP contribution >= 0.6 is 0 Å². The molecular formula is C20H36O2. The molecule has 2 saturated carbocycles. The molecule has 2 fully saturated rings. The fourth-order valence-electron chi connectivity index (χ4n) is 4.47. The van der Waals surface area contributed by atoms with Crippen LogP contribution in [0.5, 0.6) is 0 Å². The van der Waals surface area contributed by atoms with Crippen molar-refractivity contribution in [3.8, 4) is 0 Å². The summed E-state index contributed by atoms with van der Waals surface area (Å²) in [5, 5.41) is 0. The molecule has 0 aromatic heterocycles. The molecule has 0 unspecified atom stereocenters. The van der Waals surface area contributed by atoms with E-state index < -0.39 is 0 Å². The largest absolute Gasteiger partial charge is 0.462 e. The zero-order chi connectivity index (χ0) is 15.6. The van der Waals surface area contributed by atoms with Gasteiger partial charge in [0.1, 0.15) is 6.10 Å². The Morgan fingerprint density at radius 2 is 1.55 bits per heavy atom. The number of carbonyl (C=O) groups excluding carboxylic acids is 1. The van der Waals surface area contributed by atoms with Crippen LogP contribution in [0.25, 0.3) is 0 Å². The monoisotopic (exact) mass is 308 g/mol. The summed E-state index contributed by atoms with van der Waals surface area (Å²) in [5.41, 5.74) is 0. The minimum atomic E-state index is 0.0733. The van der Waals surface area contributed by atoms with Gasteiger partial charge in [0.15, 0.2) is 0 Å². The molecule has 2 aliphatic rings. The highest BCUT2D eigenvalue weighted by Crippen LogP contribution is 2.39. The molecule has 2 atom stereocenters. The van der Waals surface area contributed by atoms with Crippen molar-refractivity contribution in [2.45, 2.75) is 109 Å². The summed E-state index contributed by atoms with van der Waals surface area (Å²) in [5.74, 6) is 1.57. The zero-order valence-electron chi connectivity index (χ0n) is 14.7. The third-order valence-electron chi connectivity index (χ3n) is 5.78. The lowest BCUT2D eigenvalue weighted by atomic mass is 9.72. The first-order valence-electron chi connectivity index (χ1n) is 10.0. The Morgan fingerprint density at radius 3 is 2.32 bits per heavy atom. The van der Waals surface area contributed by atoms with Crippen molar-refractivity contribution in [3.63, 3.8) is 0 Å². The van der Waals surface area contributed by atoms with E-state index in [1.807, 2.05) is 0 Å². The Kier molecular flexibility index (Phi) is 8.33. The van der Waals surface area contributed by atoms with Gasteiger partial charge in [-0.2, -0.15) is 0 Å². The predicted molar refractivity (Wildman–Crippen MR) is 91.8 cm³/mol. The SMILES string of the molecule is CCCCCCCC(=O)O[C@H]1CCCC[C@@H]1C1CCCCC1. The molecule has 0 heterocycles. The normalized spacial score (nSPS) is 26.8. The first-order valence-corrected chi connectivity index (χ1v) is 10.0. The first-order chi connectivity index (χ1) is 10.8. The molecule has 0 spiro atoms. The lowest BCUT2D eigenvalue weighted by Gasteiger charge is -2.38. The number of hydrogen-bond acceptors (Lipinski definition) is 2. The van der Waals surface area contributed by atoms with Crippen molar-refractivity contribution < 1.29 is 9.53 Å². The van der Waals surface area contributed by atoms with Gasteiger partial charge in [-0.3, -0.25) is 4.79 Å². The molecule has 2 nitrogen and oxygen atoms in total. The second-order valence-electron chi connectivity index (χ2n) is 7.54. The van der Waals surface area contributed by atoms with E-state index >= 15 is 0 Å². The summed E-state index contributed by atoms with van der Waals surface area (Å²) >= 11 is 0. The van der Waals surface area contributed by atoms with Crippen LogP contribution in [0, 0.1) is 11.8 Å². The van der Waals surface area contributed by atoms with Crippen LogP contribution in [0.1, 0.15) is 103 Å². The zero-order valence-corrected chi connectivity index (χ0v) is 14.7. The Hall–Kier alpha value is -0.530. The van der Waals surface area contributed by atoms with Crippen LogP contribution in [0.3, 0.4) is 0 Å². The summed E-state index contributed by atoms with van der Waals surface area (Å²) in [4.78, 5) is 12.2. The molecule has 2 heteroatoms. The molecule has 0 aliphatic heterocycles. The fourth-order valence-corrected chi connectivity index (χ4v) is 4.47. The standard InChI is InChI=1S/C20H36O2/c1-2-3-4-5-9-16-20(21)22-19-15-11-10-14-18(19)17-12-7-6-8-13-17/h17-19H,2-16H2,1H3/t18-,19+/m1/s1. The molecule has 0 bridgehead atoms. The number of carbonyl (C=O) groups is 1. The summed E-state index contributed by atoms with van der Waals surface area (Å²) in [6, 6.07) is 0. The van der Waals surface area contributed by atoms with Gasteiger partial charge >= 0.3 is 5.97 Å². The molecule has 2 aliphatic carbocycles. The highest BCUT2D eigenvalue weighted by Gasteiger charge is 2.34. The molecule has 128 valence electrons.